The zero-order chi connectivity index (χ0) is 12.5. The third kappa shape index (κ3) is 5.10. The van der Waals surface area contributed by atoms with E-state index in [4.69, 9.17) is 0 Å². The van der Waals surface area contributed by atoms with Crippen molar-refractivity contribution in [3.05, 3.63) is 28.9 Å². The molecule has 0 amide bonds. The SMILES string of the molecule is CCN(CC)CCNCCn1cnccc1=O. The van der Waals surface area contributed by atoms with Crippen LogP contribution in [0.25, 0.3) is 0 Å². The van der Waals surface area contributed by atoms with Crippen LogP contribution in [0.15, 0.2) is 23.4 Å². The van der Waals surface area contributed by atoms with Gasteiger partial charge in [-0.25, -0.2) is 4.98 Å². The highest BCUT2D eigenvalue weighted by Gasteiger charge is 1.98. The van der Waals surface area contributed by atoms with Crippen LogP contribution in [0.2, 0.25) is 0 Å². The Balaban J connectivity index is 2.17. The maximum Gasteiger partial charge on any atom is 0.253 e. The summed E-state index contributed by atoms with van der Waals surface area (Å²) in [5.74, 6) is 0. The summed E-state index contributed by atoms with van der Waals surface area (Å²) >= 11 is 0. The standard InChI is InChI=1S/C12H22N4O/c1-3-15(4-2)9-7-13-8-10-16-11-14-6-5-12(16)17/h5-6,11,13H,3-4,7-10H2,1-2H3. The van der Waals surface area contributed by atoms with Gasteiger partial charge in [-0.3, -0.25) is 9.36 Å². The molecule has 0 spiro atoms. The van der Waals surface area contributed by atoms with Crippen LogP contribution in [0.3, 0.4) is 0 Å². The topological polar surface area (TPSA) is 50.2 Å². The second-order valence-corrected chi connectivity index (χ2v) is 3.89. The monoisotopic (exact) mass is 238 g/mol. The van der Waals surface area contributed by atoms with Crippen LogP contribution in [0.4, 0.5) is 0 Å². The second kappa shape index (κ2) is 7.97. The van der Waals surface area contributed by atoms with Crippen LogP contribution in [0, 0.1) is 0 Å². The van der Waals surface area contributed by atoms with Crippen LogP contribution >= 0.6 is 0 Å². The highest BCUT2D eigenvalue weighted by molar-refractivity contribution is 4.81. The van der Waals surface area contributed by atoms with E-state index in [-0.39, 0.29) is 5.56 Å². The van der Waals surface area contributed by atoms with Gasteiger partial charge >= 0.3 is 0 Å². The number of nitrogens with zero attached hydrogens (tertiary/aromatic N) is 3. The van der Waals surface area contributed by atoms with Crippen LogP contribution < -0.4 is 10.9 Å². The van der Waals surface area contributed by atoms with Gasteiger partial charge in [0.15, 0.2) is 0 Å². The average molecular weight is 238 g/mol. The molecule has 1 rings (SSSR count). The summed E-state index contributed by atoms with van der Waals surface area (Å²) < 4.78 is 1.62. The molecule has 0 unspecified atom stereocenters. The largest absolute Gasteiger partial charge is 0.314 e. The van der Waals surface area contributed by atoms with E-state index in [1.54, 1.807) is 10.9 Å². The van der Waals surface area contributed by atoms with Gasteiger partial charge in [-0.2, -0.15) is 0 Å². The van der Waals surface area contributed by atoms with Crippen LogP contribution in [-0.4, -0.2) is 47.2 Å². The molecule has 0 saturated heterocycles. The first kappa shape index (κ1) is 13.9. The van der Waals surface area contributed by atoms with E-state index in [2.05, 4.69) is 29.0 Å². The molecule has 1 aromatic heterocycles. The van der Waals surface area contributed by atoms with E-state index in [1.165, 1.54) is 12.3 Å². The Morgan fingerprint density at radius 2 is 2.12 bits per heavy atom. The molecule has 0 aliphatic rings. The molecule has 0 atom stereocenters. The van der Waals surface area contributed by atoms with Crippen LogP contribution in [0.5, 0.6) is 0 Å². The Hall–Kier alpha value is -1.20. The lowest BCUT2D eigenvalue weighted by molar-refractivity contribution is 0.301. The predicted molar refractivity (Wildman–Crippen MR) is 69.2 cm³/mol. The van der Waals surface area contributed by atoms with Crippen LogP contribution in [-0.2, 0) is 6.54 Å². The minimum Gasteiger partial charge on any atom is -0.314 e. The van der Waals surface area contributed by atoms with Gasteiger partial charge in [-0.15, -0.1) is 0 Å². The molecule has 1 aromatic rings. The summed E-state index contributed by atoms with van der Waals surface area (Å²) in [5.41, 5.74) is 0.00513. The first-order valence-corrected chi connectivity index (χ1v) is 6.21. The molecule has 0 aromatic carbocycles. The molecular weight excluding hydrogens is 216 g/mol. The van der Waals surface area contributed by atoms with Gasteiger partial charge in [0.25, 0.3) is 5.56 Å². The number of rotatable bonds is 8. The maximum atomic E-state index is 11.4. The Morgan fingerprint density at radius 1 is 1.35 bits per heavy atom. The maximum absolute atomic E-state index is 11.4. The molecule has 96 valence electrons. The molecule has 0 saturated carbocycles. The van der Waals surface area contributed by atoms with E-state index < -0.39 is 0 Å². The van der Waals surface area contributed by atoms with Crippen molar-refractivity contribution in [2.75, 3.05) is 32.7 Å². The van der Waals surface area contributed by atoms with E-state index in [1.807, 2.05) is 0 Å². The van der Waals surface area contributed by atoms with Crippen molar-refractivity contribution in [2.24, 2.45) is 0 Å². The van der Waals surface area contributed by atoms with Gasteiger partial charge in [0, 0.05) is 38.4 Å². The lowest BCUT2D eigenvalue weighted by Gasteiger charge is -2.18. The fourth-order valence-electron chi connectivity index (χ4n) is 1.65. The molecular formula is C12H22N4O. The average Bonchev–Trinajstić information content (AvgIpc) is 2.36. The van der Waals surface area contributed by atoms with Crippen molar-refractivity contribution in [1.82, 2.24) is 19.8 Å². The Kier molecular flexibility index (Phi) is 6.50. The van der Waals surface area contributed by atoms with Gasteiger partial charge in [-0.1, -0.05) is 13.8 Å². The van der Waals surface area contributed by atoms with E-state index in [0.717, 1.165) is 32.7 Å². The second-order valence-electron chi connectivity index (χ2n) is 3.89. The quantitative estimate of drug-likeness (QED) is 0.656. The van der Waals surface area contributed by atoms with Crippen molar-refractivity contribution in [3.63, 3.8) is 0 Å². The Labute approximate surface area is 102 Å². The first-order valence-electron chi connectivity index (χ1n) is 6.21. The molecule has 1 N–H and O–H groups in total. The molecule has 5 heteroatoms. The summed E-state index contributed by atoms with van der Waals surface area (Å²) in [5, 5.41) is 3.33. The van der Waals surface area contributed by atoms with Gasteiger partial charge in [0.1, 0.15) is 0 Å². The lowest BCUT2D eigenvalue weighted by Crippen LogP contribution is -2.34. The number of hydrogen-bond acceptors (Lipinski definition) is 4. The Morgan fingerprint density at radius 3 is 2.76 bits per heavy atom. The van der Waals surface area contributed by atoms with Gasteiger partial charge in [0.2, 0.25) is 0 Å². The molecule has 0 fully saturated rings. The summed E-state index contributed by atoms with van der Waals surface area (Å²) in [4.78, 5) is 17.7. The number of aromatic nitrogens is 2. The molecule has 1 heterocycles. The van der Waals surface area contributed by atoms with Crippen molar-refractivity contribution < 1.29 is 0 Å². The third-order valence-corrected chi connectivity index (χ3v) is 2.82. The first-order chi connectivity index (χ1) is 8.27. The normalized spacial score (nSPS) is 11.0. The highest BCUT2D eigenvalue weighted by atomic mass is 16.1. The fraction of sp³-hybridized carbons (Fsp3) is 0.667. The molecule has 0 aliphatic heterocycles. The van der Waals surface area contributed by atoms with Crippen molar-refractivity contribution in [2.45, 2.75) is 20.4 Å². The Bertz CT molecular complexity index is 360. The highest BCUT2D eigenvalue weighted by Crippen LogP contribution is 1.84. The fourth-order valence-corrected chi connectivity index (χ4v) is 1.65. The van der Waals surface area contributed by atoms with Crippen molar-refractivity contribution >= 4 is 0 Å². The number of hydrogen-bond donors (Lipinski definition) is 1. The van der Waals surface area contributed by atoms with Gasteiger partial charge in [-0.05, 0) is 13.1 Å². The van der Waals surface area contributed by atoms with E-state index in [9.17, 15) is 4.79 Å². The molecule has 17 heavy (non-hydrogen) atoms. The van der Waals surface area contributed by atoms with E-state index in [0.29, 0.717) is 6.54 Å². The zero-order valence-corrected chi connectivity index (χ0v) is 10.7. The zero-order valence-electron chi connectivity index (χ0n) is 10.7. The summed E-state index contributed by atoms with van der Waals surface area (Å²) in [6.07, 6.45) is 3.10. The van der Waals surface area contributed by atoms with E-state index >= 15 is 0 Å². The molecule has 0 radical (unpaired) electrons. The summed E-state index contributed by atoms with van der Waals surface area (Å²) in [7, 11) is 0. The molecule has 0 aliphatic carbocycles. The number of nitrogens with one attached hydrogen (secondary N) is 1. The van der Waals surface area contributed by atoms with Gasteiger partial charge in [0.05, 0.1) is 6.33 Å². The smallest absolute Gasteiger partial charge is 0.253 e. The van der Waals surface area contributed by atoms with Gasteiger partial charge < -0.3 is 10.2 Å². The predicted octanol–water partition coefficient (Wildman–Crippen LogP) is 0.175. The molecule has 5 nitrogen and oxygen atoms in total. The minimum atomic E-state index is 0.00513. The number of likely N-dealkylation sites (N-methyl/N-ethyl adjacent to an activating group) is 1. The summed E-state index contributed by atoms with van der Waals surface area (Å²) in [6.45, 7) is 9.97. The molecule has 0 bridgehead atoms. The lowest BCUT2D eigenvalue weighted by atomic mass is 10.4. The van der Waals surface area contributed by atoms with Crippen molar-refractivity contribution in [1.29, 1.82) is 0 Å². The van der Waals surface area contributed by atoms with Crippen LogP contribution in [0.1, 0.15) is 13.8 Å². The van der Waals surface area contributed by atoms with Crippen molar-refractivity contribution in [3.8, 4) is 0 Å². The summed E-state index contributed by atoms with van der Waals surface area (Å²) in [6, 6.07) is 1.48. The third-order valence-electron chi connectivity index (χ3n) is 2.82. The minimum absolute atomic E-state index is 0.00513.